The van der Waals surface area contributed by atoms with Crippen molar-refractivity contribution in [2.45, 2.75) is 65.2 Å². The smallest absolute Gasteiger partial charge is 0.0992 e. The van der Waals surface area contributed by atoms with Crippen LogP contribution in [0.4, 0.5) is 0 Å². The van der Waals surface area contributed by atoms with Gasteiger partial charge in [0.25, 0.3) is 0 Å². The van der Waals surface area contributed by atoms with Crippen molar-refractivity contribution < 1.29 is 0 Å². The monoisotopic (exact) mass is 649 g/mol. The van der Waals surface area contributed by atoms with Crippen LogP contribution in [0.25, 0.3) is 66.1 Å². The van der Waals surface area contributed by atoms with Crippen LogP contribution in [0.5, 0.6) is 0 Å². The number of benzene rings is 6. The molecule has 2 aromatic heterocycles. The first-order chi connectivity index (χ1) is 24.1. The van der Waals surface area contributed by atoms with Gasteiger partial charge in [-0.15, -0.1) is 0 Å². The molecule has 3 heteroatoms. The van der Waals surface area contributed by atoms with Gasteiger partial charge in [0.2, 0.25) is 0 Å². The Kier molecular flexibility index (Phi) is 7.46. The minimum absolute atomic E-state index is 0.0844. The van der Waals surface area contributed by atoms with E-state index in [4.69, 9.17) is 0 Å². The lowest BCUT2D eigenvalue weighted by molar-refractivity contribution is 0.507. The van der Waals surface area contributed by atoms with E-state index in [9.17, 15) is 5.26 Å². The van der Waals surface area contributed by atoms with Crippen molar-refractivity contribution in [2.24, 2.45) is 0 Å². The molecular formula is C47H43N3. The molecule has 2 heterocycles. The molecule has 0 spiro atoms. The summed E-state index contributed by atoms with van der Waals surface area (Å²) >= 11 is 0. The second-order valence-electron chi connectivity index (χ2n) is 15.1. The molecule has 0 aliphatic rings. The topological polar surface area (TPSA) is 33.6 Å². The third kappa shape index (κ3) is 5.02. The molecule has 0 saturated heterocycles. The van der Waals surface area contributed by atoms with Crippen LogP contribution in [0.15, 0.2) is 127 Å². The van der Waals surface area contributed by atoms with E-state index < -0.39 is 0 Å². The molecule has 0 saturated carbocycles. The van der Waals surface area contributed by atoms with Crippen LogP contribution in [0.1, 0.15) is 71.1 Å². The van der Waals surface area contributed by atoms with Crippen LogP contribution in [0.2, 0.25) is 0 Å². The number of para-hydroxylation sites is 2. The number of rotatable bonds is 7. The molecule has 0 N–H and O–H groups in total. The van der Waals surface area contributed by atoms with E-state index in [2.05, 4.69) is 172 Å². The minimum Gasteiger partial charge on any atom is -0.309 e. The zero-order chi connectivity index (χ0) is 34.8. The third-order valence-corrected chi connectivity index (χ3v) is 11.4. The molecular weight excluding hydrogens is 607 g/mol. The fourth-order valence-electron chi connectivity index (χ4n) is 7.55. The highest BCUT2D eigenvalue weighted by Gasteiger charge is 2.22. The average molecular weight is 650 g/mol. The van der Waals surface area contributed by atoms with Crippen molar-refractivity contribution in [3.63, 3.8) is 0 Å². The van der Waals surface area contributed by atoms with Crippen molar-refractivity contribution in [3.05, 3.63) is 144 Å². The van der Waals surface area contributed by atoms with Crippen molar-refractivity contribution in [2.75, 3.05) is 0 Å². The van der Waals surface area contributed by atoms with Crippen LogP contribution < -0.4 is 0 Å². The molecule has 3 nitrogen and oxygen atoms in total. The van der Waals surface area contributed by atoms with Crippen LogP contribution >= 0.6 is 0 Å². The van der Waals surface area contributed by atoms with Crippen LogP contribution in [0, 0.1) is 11.3 Å². The standard InChI is InChI=1S/C47H43N3/c1-7-46(3,4)34-20-22-44-40(28-34)38-16-9-11-18-42(38)49(44)36-15-13-14-32(26-36)33-24-31(30-48)25-37(27-33)50-43-19-12-10-17-39(43)41-29-35(21-23-45(41)50)47(5,6)8-2/h9-29H,7-8H2,1-6H3. The number of fused-ring (bicyclic) bond motifs is 6. The van der Waals surface area contributed by atoms with Crippen LogP contribution in [0.3, 0.4) is 0 Å². The molecule has 0 radical (unpaired) electrons. The first-order valence-electron chi connectivity index (χ1n) is 17.9. The number of nitriles is 1. The van der Waals surface area contributed by atoms with Gasteiger partial charge in [-0.05, 0) is 113 Å². The molecule has 0 aliphatic carbocycles. The summed E-state index contributed by atoms with van der Waals surface area (Å²) in [5.74, 6) is 0. The number of nitrogens with zero attached hydrogens (tertiary/aromatic N) is 3. The van der Waals surface area contributed by atoms with Crippen molar-refractivity contribution in [3.8, 4) is 28.6 Å². The van der Waals surface area contributed by atoms with E-state index in [1.54, 1.807) is 0 Å². The summed E-state index contributed by atoms with van der Waals surface area (Å²) in [6.45, 7) is 13.8. The fraction of sp³-hybridized carbons (Fsp3) is 0.213. The highest BCUT2D eigenvalue weighted by atomic mass is 15.0. The second-order valence-corrected chi connectivity index (χ2v) is 15.1. The summed E-state index contributed by atoms with van der Waals surface area (Å²) < 4.78 is 4.71. The van der Waals surface area contributed by atoms with E-state index in [0.717, 1.165) is 46.4 Å². The summed E-state index contributed by atoms with van der Waals surface area (Å²) in [6.07, 6.45) is 2.14. The number of aromatic nitrogens is 2. The van der Waals surface area contributed by atoms with Crippen molar-refractivity contribution in [1.29, 1.82) is 5.26 Å². The average Bonchev–Trinajstić information content (AvgIpc) is 3.67. The van der Waals surface area contributed by atoms with Gasteiger partial charge in [0.15, 0.2) is 0 Å². The Morgan fingerprint density at radius 1 is 0.480 bits per heavy atom. The Balaban J connectivity index is 1.31. The van der Waals surface area contributed by atoms with Gasteiger partial charge >= 0.3 is 0 Å². The van der Waals surface area contributed by atoms with Gasteiger partial charge in [0, 0.05) is 32.9 Å². The summed E-state index contributed by atoms with van der Waals surface area (Å²) in [6, 6.07) is 48.7. The molecule has 0 aliphatic heterocycles. The summed E-state index contributed by atoms with van der Waals surface area (Å²) in [4.78, 5) is 0. The Bertz CT molecular complexity index is 2640. The van der Waals surface area contributed by atoms with Gasteiger partial charge in [-0.3, -0.25) is 0 Å². The maximum atomic E-state index is 10.3. The Morgan fingerprint density at radius 2 is 0.980 bits per heavy atom. The Morgan fingerprint density at radius 3 is 1.52 bits per heavy atom. The van der Waals surface area contributed by atoms with E-state index >= 15 is 0 Å². The molecule has 0 bridgehead atoms. The van der Waals surface area contributed by atoms with Gasteiger partial charge in [0.05, 0.1) is 33.7 Å². The van der Waals surface area contributed by atoms with Gasteiger partial charge in [0.1, 0.15) is 0 Å². The molecule has 6 aromatic carbocycles. The minimum atomic E-state index is 0.0844. The largest absolute Gasteiger partial charge is 0.309 e. The lowest BCUT2D eigenvalue weighted by atomic mass is 9.82. The second kappa shape index (κ2) is 11.8. The summed E-state index contributed by atoms with van der Waals surface area (Å²) in [5, 5.41) is 15.3. The lowest BCUT2D eigenvalue weighted by Crippen LogP contribution is -2.15. The predicted octanol–water partition coefficient (Wildman–Crippen LogP) is 12.8. The maximum Gasteiger partial charge on any atom is 0.0992 e. The SMILES string of the molecule is CCC(C)(C)c1ccc2c(c1)c1ccccc1n2-c1cccc(-c2cc(C#N)cc(-n3c4ccccc4c4cc(C(C)(C)CC)ccc43)c2)c1. The maximum absolute atomic E-state index is 10.3. The van der Waals surface area contributed by atoms with Crippen LogP contribution in [-0.2, 0) is 10.8 Å². The first kappa shape index (κ1) is 31.7. The van der Waals surface area contributed by atoms with E-state index in [0.29, 0.717) is 5.56 Å². The highest BCUT2D eigenvalue weighted by molar-refractivity contribution is 6.10. The molecule has 0 unspecified atom stereocenters. The summed E-state index contributed by atoms with van der Waals surface area (Å²) in [5.41, 5.74) is 12.4. The molecule has 0 atom stereocenters. The van der Waals surface area contributed by atoms with E-state index in [1.165, 1.54) is 43.7 Å². The van der Waals surface area contributed by atoms with Gasteiger partial charge in [-0.2, -0.15) is 5.26 Å². The van der Waals surface area contributed by atoms with Crippen LogP contribution in [-0.4, -0.2) is 9.13 Å². The number of hydrogen-bond acceptors (Lipinski definition) is 1. The van der Waals surface area contributed by atoms with Gasteiger partial charge < -0.3 is 9.13 Å². The fourth-order valence-corrected chi connectivity index (χ4v) is 7.55. The highest BCUT2D eigenvalue weighted by Crippen LogP contribution is 2.39. The zero-order valence-corrected chi connectivity index (χ0v) is 29.9. The Labute approximate surface area is 295 Å². The molecule has 8 rings (SSSR count). The molecule has 0 fully saturated rings. The molecule has 0 amide bonds. The van der Waals surface area contributed by atoms with E-state index in [1.807, 2.05) is 12.1 Å². The van der Waals surface area contributed by atoms with Gasteiger partial charge in [-0.1, -0.05) is 102 Å². The number of hydrogen-bond donors (Lipinski definition) is 0. The quantitative estimate of drug-likeness (QED) is 0.169. The van der Waals surface area contributed by atoms with Gasteiger partial charge in [-0.25, -0.2) is 0 Å². The molecule has 246 valence electrons. The predicted molar refractivity (Wildman–Crippen MR) is 212 cm³/mol. The Hall–Kier alpha value is -5.59. The first-order valence-corrected chi connectivity index (χ1v) is 17.9. The normalized spacial score (nSPS) is 12.3. The van der Waals surface area contributed by atoms with E-state index in [-0.39, 0.29) is 10.8 Å². The van der Waals surface area contributed by atoms with Crippen molar-refractivity contribution in [1.82, 2.24) is 9.13 Å². The molecule has 8 aromatic rings. The third-order valence-electron chi connectivity index (χ3n) is 11.4. The molecule has 50 heavy (non-hydrogen) atoms. The van der Waals surface area contributed by atoms with Crippen molar-refractivity contribution >= 4 is 43.6 Å². The lowest BCUT2D eigenvalue weighted by Gasteiger charge is -2.23. The summed E-state index contributed by atoms with van der Waals surface area (Å²) in [7, 11) is 0. The zero-order valence-electron chi connectivity index (χ0n) is 29.9.